The van der Waals surface area contributed by atoms with Crippen LogP contribution in [0.4, 0.5) is 5.69 Å². The number of halogens is 2. The number of hydrogen-bond donors (Lipinski definition) is 1. The summed E-state index contributed by atoms with van der Waals surface area (Å²) < 4.78 is 2.04. The number of pyridine rings is 1. The van der Waals surface area contributed by atoms with Crippen molar-refractivity contribution < 1.29 is 0 Å². The van der Waals surface area contributed by atoms with Gasteiger partial charge in [-0.25, -0.2) is 4.98 Å². The van der Waals surface area contributed by atoms with Gasteiger partial charge in [0.05, 0.1) is 11.9 Å². The lowest BCUT2D eigenvalue weighted by Crippen LogP contribution is -2.34. The van der Waals surface area contributed by atoms with Gasteiger partial charge in [-0.1, -0.05) is 28.1 Å². The minimum Gasteiger partial charge on any atom is -0.381 e. The molecule has 0 aliphatic heterocycles. The fraction of sp³-hybridized carbons (Fsp3) is 0.267. The van der Waals surface area contributed by atoms with Crippen LogP contribution in [0.15, 0.2) is 51.7 Å². The topological polar surface area (TPSA) is 24.9 Å². The van der Waals surface area contributed by atoms with E-state index in [4.69, 9.17) is 0 Å². The monoisotopic (exact) mass is 380 g/mol. The second kappa shape index (κ2) is 5.63. The summed E-state index contributed by atoms with van der Waals surface area (Å²) in [6.07, 6.45) is 4.25. The van der Waals surface area contributed by atoms with Gasteiger partial charge in [-0.15, -0.1) is 0 Å². The van der Waals surface area contributed by atoms with E-state index in [9.17, 15) is 0 Å². The molecule has 98 valence electrons. The quantitative estimate of drug-likeness (QED) is 0.759. The Hall–Kier alpha value is -0.870. The molecule has 1 N–H and O–H groups in total. The Balaban J connectivity index is 1.57. The number of nitrogens with zero attached hydrogens (tertiary/aromatic N) is 1. The van der Waals surface area contributed by atoms with E-state index in [1.807, 2.05) is 12.3 Å². The first kappa shape index (κ1) is 13.1. The highest BCUT2D eigenvalue weighted by Gasteiger charge is 2.30. The molecule has 0 spiro atoms. The maximum Gasteiger partial charge on any atom is 0.106 e. The Bertz CT molecular complexity index is 563. The van der Waals surface area contributed by atoms with Gasteiger partial charge in [0.1, 0.15) is 4.60 Å². The zero-order valence-corrected chi connectivity index (χ0v) is 13.5. The Morgan fingerprint density at radius 3 is 2.63 bits per heavy atom. The Morgan fingerprint density at radius 2 is 1.95 bits per heavy atom. The van der Waals surface area contributed by atoms with Crippen LogP contribution in [0.25, 0.3) is 0 Å². The van der Waals surface area contributed by atoms with Crippen LogP contribution in [0.5, 0.6) is 0 Å². The molecule has 0 atom stereocenters. The molecule has 0 bridgehead atoms. The molecule has 1 aliphatic carbocycles. The number of benzene rings is 1. The van der Waals surface area contributed by atoms with Crippen LogP contribution < -0.4 is 5.32 Å². The van der Waals surface area contributed by atoms with Gasteiger partial charge in [0.25, 0.3) is 0 Å². The first-order valence-electron chi connectivity index (χ1n) is 6.34. The van der Waals surface area contributed by atoms with E-state index in [0.717, 1.165) is 10.3 Å². The van der Waals surface area contributed by atoms with Gasteiger partial charge in [-0.2, -0.15) is 0 Å². The average molecular weight is 382 g/mol. The summed E-state index contributed by atoms with van der Waals surface area (Å²) in [4.78, 5) is 4.23. The fourth-order valence-corrected chi connectivity index (χ4v) is 3.12. The van der Waals surface area contributed by atoms with Crippen molar-refractivity contribution in [2.75, 3.05) is 5.32 Å². The summed E-state index contributed by atoms with van der Waals surface area (Å²) in [7, 11) is 0. The standard InChI is InChI=1S/C15H14Br2N2/c16-12-3-1-2-10(6-12)11-7-14(8-11)19-13-4-5-15(17)18-9-13/h1-6,9,11,14,19H,7-8H2. The van der Waals surface area contributed by atoms with Gasteiger partial charge in [0.2, 0.25) is 0 Å². The third kappa shape index (κ3) is 3.18. The molecular weight excluding hydrogens is 368 g/mol. The second-order valence-electron chi connectivity index (χ2n) is 4.93. The Labute approximate surface area is 129 Å². The van der Waals surface area contributed by atoms with Gasteiger partial charge in [-0.05, 0) is 64.5 Å². The predicted molar refractivity (Wildman–Crippen MR) is 85.5 cm³/mol. The maximum atomic E-state index is 4.23. The van der Waals surface area contributed by atoms with Crippen molar-refractivity contribution in [3.8, 4) is 0 Å². The van der Waals surface area contributed by atoms with Crippen molar-refractivity contribution in [1.29, 1.82) is 0 Å². The van der Waals surface area contributed by atoms with Crippen LogP contribution in [0, 0.1) is 0 Å². The molecule has 1 saturated carbocycles. The minimum atomic E-state index is 0.562. The first-order valence-corrected chi connectivity index (χ1v) is 7.93. The predicted octanol–water partition coefficient (Wildman–Crippen LogP) is 4.96. The first-order chi connectivity index (χ1) is 9.20. The normalized spacial score (nSPS) is 21.8. The lowest BCUT2D eigenvalue weighted by molar-refractivity contribution is 0.374. The van der Waals surface area contributed by atoms with Crippen molar-refractivity contribution in [3.05, 3.63) is 57.2 Å². The third-order valence-electron chi connectivity index (χ3n) is 3.56. The highest BCUT2D eigenvalue weighted by Crippen LogP contribution is 2.39. The third-order valence-corrected chi connectivity index (χ3v) is 4.52. The maximum absolute atomic E-state index is 4.23. The van der Waals surface area contributed by atoms with Crippen LogP contribution in [-0.2, 0) is 0 Å². The van der Waals surface area contributed by atoms with E-state index in [1.165, 1.54) is 22.9 Å². The number of rotatable bonds is 3. The number of nitrogens with one attached hydrogen (secondary N) is 1. The molecule has 1 aliphatic rings. The van der Waals surface area contributed by atoms with Crippen molar-refractivity contribution >= 4 is 37.5 Å². The molecule has 1 fully saturated rings. The number of hydrogen-bond acceptors (Lipinski definition) is 2. The summed E-state index contributed by atoms with van der Waals surface area (Å²) in [5, 5.41) is 3.52. The van der Waals surface area contributed by atoms with Crippen LogP contribution in [0.2, 0.25) is 0 Å². The fourth-order valence-electron chi connectivity index (χ4n) is 2.47. The summed E-state index contributed by atoms with van der Waals surface area (Å²) in [5.41, 5.74) is 2.53. The van der Waals surface area contributed by atoms with Gasteiger partial charge in [0.15, 0.2) is 0 Å². The summed E-state index contributed by atoms with van der Waals surface area (Å²) in [6, 6.07) is 13.2. The van der Waals surface area contributed by atoms with Gasteiger partial charge in [0, 0.05) is 10.5 Å². The van der Waals surface area contributed by atoms with Crippen LogP contribution in [-0.4, -0.2) is 11.0 Å². The van der Waals surface area contributed by atoms with E-state index in [1.54, 1.807) is 0 Å². The highest BCUT2D eigenvalue weighted by molar-refractivity contribution is 9.10. The molecule has 1 aromatic heterocycles. The van der Waals surface area contributed by atoms with E-state index in [2.05, 4.69) is 72.5 Å². The smallest absolute Gasteiger partial charge is 0.106 e. The van der Waals surface area contributed by atoms with Crippen LogP contribution in [0.1, 0.15) is 24.3 Å². The van der Waals surface area contributed by atoms with Crippen molar-refractivity contribution in [3.63, 3.8) is 0 Å². The molecular formula is C15H14Br2N2. The molecule has 1 aromatic carbocycles. The van der Waals surface area contributed by atoms with E-state index < -0.39 is 0 Å². The largest absolute Gasteiger partial charge is 0.381 e. The molecule has 0 unspecified atom stereocenters. The van der Waals surface area contributed by atoms with Crippen molar-refractivity contribution in [2.45, 2.75) is 24.8 Å². The van der Waals surface area contributed by atoms with Crippen LogP contribution >= 0.6 is 31.9 Å². The Morgan fingerprint density at radius 1 is 1.11 bits per heavy atom. The van der Waals surface area contributed by atoms with Gasteiger partial charge in [-0.3, -0.25) is 0 Å². The molecule has 3 rings (SSSR count). The summed E-state index contributed by atoms with van der Waals surface area (Å²) in [5.74, 6) is 0.679. The molecule has 19 heavy (non-hydrogen) atoms. The van der Waals surface area contributed by atoms with Crippen molar-refractivity contribution in [2.24, 2.45) is 0 Å². The van der Waals surface area contributed by atoms with E-state index in [0.29, 0.717) is 12.0 Å². The van der Waals surface area contributed by atoms with Crippen LogP contribution in [0.3, 0.4) is 0 Å². The van der Waals surface area contributed by atoms with E-state index in [-0.39, 0.29) is 0 Å². The Kier molecular flexibility index (Phi) is 3.89. The molecule has 0 radical (unpaired) electrons. The lowest BCUT2D eigenvalue weighted by atomic mass is 9.76. The lowest BCUT2D eigenvalue weighted by Gasteiger charge is -2.37. The van der Waals surface area contributed by atoms with E-state index >= 15 is 0 Å². The molecule has 0 amide bonds. The number of anilines is 1. The second-order valence-corrected chi connectivity index (χ2v) is 6.66. The zero-order valence-electron chi connectivity index (χ0n) is 10.3. The summed E-state index contributed by atoms with van der Waals surface area (Å²) >= 11 is 6.88. The minimum absolute atomic E-state index is 0.562. The molecule has 4 heteroatoms. The molecule has 2 nitrogen and oxygen atoms in total. The summed E-state index contributed by atoms with van der Waals surface area (Å²) in [6.45, 7) is 0. The zero-order chi connectivity index (χ0) is 13.2. The number of aromatic nitrogens is 1. The molecule has 2 aromatic rings. The SMILES string of the molecule is Brc1cccc(C2CC(Nc3ccc(Br)nc3)C2)c1. The highest BCUT2D eigenvalue weighted by atomic mass is 79.9. The van der Waals surface area contributed by atoms with Gasteiger partial charge >= 0.3 is 0 Å². The average Bonchev–Trinajstić information content (AvgIpc) is 2.35. The molecule has 1 heterocycles. The molecule has 0 saturated heterocycles. The van der Waals surface area contributed by atoms with Crippen molar-refractivity contribution in [1.82, 2.24) is 4.98 Å². The van der Waals surface area contributed by atoms with Gasteiger partial charge < -0.3 is 5.32 Å².